The Morgan fingerprint density at radius 2 is 2.03 bits per heavy atom. The van der Waals surface area contributed by atoms with E-state index in [4.69, 9.17) is 14.0 Å². The lowest BCUT2D eigenvalue weighted by Crippen LogP contribution is -2.26. The Balaban J connectivity index is 1.52. The molecule has 0 bridgehead atoms. The normalized spacial score (nSPS) is 10.7. The van der Waals surface area contributed by atoms with Gasteiger partial charge in [-0.05, 0) is 53.9 Å². The van der Waals surface area contributed by atoms with E-state index >= 15 is 0 Å². The fraction of sp³-hybridized carbons (Fsp3) is 0.368. The Bertz CT molecular complexity index is 956. The number of carbonyl (C=O) groups is 1. The summed E-state index contributed by atoms with van der Waals surface area (Å²) in [6, 6.07) is 5.75. The summed E-state index contributed by atoms with van der Waals surface area (Å²) in [6.45, 7) is 5.70. The predicted molar refractivity (Wildman–Crippen MR) is 108 cm³/mol. The Morgan fingerprint density at radius 1 is 1.24 bits per heavy atom. The average molecular weight is 464 g/mol. The molecule has 1 aromatic carbocycles. The molecule has 10 heteroatoms. The molecule has 2 aromatic heterocycles. The smallest absolute Gasteiger partial charge is 0.316 e. The van der Waals surface area contributed by atoms with Crippen LogP contribution in [0.2, 0.25) is 0 Å². The highest BCUT2D eigenvalue weighted by Gasteiger charge is 2.15. The number of amides is 1. The highest BCUT2D eigenvalue weighted by atomic mass is 79.9. The minimum atomic E-state index is -0.415. The van der Waals surface area contributed by atoms with Gasteiger partial charge in [0, 0.05) is 12.7 Å². The second kappa shape index (κ2) is 10.1. The summed E-state index contributed by atoms with van der Waals surface area (Å²) in [5, 5.41) is 10.7. The molecule has 1 amide bonds. The lowest BCUT2D eigenvalue weighted by molar-refractivity contribution is 0.0910. The van der Waals surface area contributed by atoms with Crippen LogP contribution < -0.4 is 14.8 Å². The van der Waals surface area contributed by atoms with Crippen molar-refractivity contribution in [2.45, 2.75) is 26.8 Å². The van der Waals surface area contributed by atoms with Crippen molar-refractivity contribution in [2.75, 3.05) is 19.8 Å². The molecule has 154 valence electrons. The first-order chi connectivity index (χ1) is 14.1. The van der Waals surface area contributed by atoms with Crippen LogP contribution in [-0.4, -0.2) is 45.6 Å². The minimum absolute atomic E-state index is 0.0760. The highest BCUT2D eigenvalue weighted by molar-refractivity contribution is 9.10. The summed E-state index contributed by atoms with van der Waals surface area (Å²) in [4.78, 5) is 16.3. The van der Waals surface area contributed by atoms with E-state index < -0.39 is 5.91 Å². The molecule has 0 fully saturated rings. The molecule has 0 unspecified atom stereocenters. The zero-order valence-electron chi connectivity index (χ0n) is 16.2. The van der Waals surface area contributed by atoms with E-state index in [2.05, 4.69) is 36.5 Å². The van der Waals surface area contributed by atoms with Gasteiger partial charge in [0.25, 0.3) is 0 Å². The first-order valence-electron chi connectivity index (χ1n) is 9.26. The van der Waals surface area contributed by atoms with Gasteiger partial charge in [0.2, 0.25) is 0 Å². The predicted octanol–water partition coefficient (Wildman–Crippen LogP) is 2.85. The lowest BCUT2D eigenvalue weighted by Gasteiger charge is -2.12. The van der Waals surface area contributed by atoms with Gasteiger partial charge in [0.1, 0.15) is 6.54 Å². The van der Waals surface area contributed by atoms with Crippen molar-refractivity contribution in [3.63, 3.8) is 0 Å². The zero-order chi connectivity index (χ0) is 20.6. The molecule has 9 nitrogen and oxygen atoms in total. The molecule has 0 spiro atoms. The summed E-state index contributed by atoms with van der Waals surface area (Å²) in [7, 11) is 0. The summed E-state index contributed by atoms with van der Waals surface area (Å²) >= 11 is 3.32. The SMILES string of the molecule is CCOc1ccc(CCNC(=O)c2nc(Cn3cc(Br)cn3)no2)cc1OCC. The summed E-state index contributed by atoms with van der Waals surface area (Å²) < 4.78 is 18.7. The van der Waals surface area contributed by atoms with Gasteiger partial charge in [-0.25, -0.2) is 0 Å². The summed E-state index contributed by atoms with van der Waals surface area (Å²) in [6.07, 6.45) is 4.07. The number of hydrogen-bond donors (Lipinski definition) is 1. The van der Waals surface area contributed by atoms with Crippen molar-refractivity contribution in [3.05, 3.63) is 52.3 Å². The Morgan fingerprint density at radius 3 is 2.76 bits per heavy atom. The number of nitrogens with zero attached hydrogens (tertiary/aromatic N) is 4. The Hall–Kier alpha value is -2.88. The van der Waals surface area contributed by atoms with Crippen LogP contribution in [0, 0.1) is 0 Å². The molecule has 0 saturated carbocycles. The molecule has 3 aromatic rings. The second-order valence-corrected chi connectivity index (χ2v) is 6.94. The van der Waals surface area contributed by atoms with E-state index in [1.807, 2.05) is 32.0 Å². The van der Waals surface area contributed by atoms with Crippen molar-refractivity contribution in [1.29, 1.82) is 0 Å². The van der Waals surface area contributed by atoms with E-state index in [9.17, 15) is 4.79 Å². The minimum Gasteiger partial charge on any atom is -0.490 e. The quantitative estimate of drug-likeness (QED) is 0.492. The fourth-order valence-electron chi connectivity index (χ4n) is 2.63. The number of benzene rings is 1. The van der Waals surface area contributed by atoms with Gasteiger partial charge < -0.3 is 19.3 Å². The van der Waals surface area contributed by atoms with E-state index in [1.54, 1.807) is 17.1 Å². The number of carbonyl (C=O) groups excluding carboxylic acids is 1. The Labute approximate surface area is 176 Å². The third-order valence-corrected chi connectivity index (χ3v) is 4.28. The summed E-state index contributed by atoms with van der Waals surface area (Å²) in [5.41, 5.74) is 1.02. The monoisotopic (exact) mass is 463 g/mol. The molecule has 0 radical (unpaired) electrons. The van der Waals surface area contributed by atoms with Crippen LogP contribution in [0.1, 0.15) is 35.9 Å². The van der Waals surface area contributed by atoms with E-state index in [1.165, 1.54) is 0 Å². The third kappa shape index (κ3) is 5.80. The van der Waals surface area contributed by atoms with Crippen molar-refractivity contribution >= 4 is 21.8 Å². The molecular formula is C19H22BrN5O4. The highest BCUT2D eigenvalue weighted by Crippen LogP contribution is 2.28. The van der Waals surface area contributed by atoms with Gasteiger partial charge in [0.05, 0.1) is 23.9 Å². The molecule has 1 N–H and O–H groups in total. The molecule has 0 aliphatic rings. The maximum absolute atomic E-state index is 12.2. The topological polar surface area (TPSA) is 104 Å². The lowest BCUT2D eigenvalue weighted by atomic mass is 10.1. The van der Waals surface area contributed by atoms with E-state index in [-0.39, 0.29) is 5.89 Å². The molecule has 0 aliphatic heterocycles. The zero-order valence-corrected chi connectivity index (χ0v) is 17.8. The van der Waals surface area contributed by atoms with Crippen molar-refractivity contribution in [2.24, 2.45) is 0 Å². The third-order valence-electron chi connectivity index (χ3n) is 3.87. The van der Waals surface area contributed by atoms with Crippen molar-refractivity contribution < 1.29 is 18.8 Å². The van der Waals surface area contributed by atoms with Crippen LogP contribution in [0.3, 0.4) is 0 Å². The molecule has 0 aliphatic carbocycles. The molecule has 0 atom stereocenters. The van der Waals surface area contributed by atoms with Crippen LogP contribution in [0.25, 0.3) is 0 Å². The van der Waals surface area contributed by atoms with Gasteiger partial charge in [-0.3, -0.25) is 9.48 Å². The standard InChI is InChI=1S/C19H22BrN5O4/c1-3-27-15-6-5-13(9-16(15)28-4-2)7-8-21-18(26)19-23-17(24-29-19)12-25-11-14(20)10-22-25/h5-6,9-11H,3-4,7-8,12H2,1-2H3,(H,21,26). The largest absolute Gasteiger partial charge is 0.490 e. The summed E-state index contributed by atoms with van der Waals surface area (Å²) in [5.74, 6) is 1.29. The van der Waals surface area contributed by atoms with Crippen LogP contribution in [0.5, 0.6) is 11.5 Å². The van der Waals surface area contributed by atoms with Crippen molar-refractivity contribution in [1.82, 2.24) is 25.2 Å². The van der Waals surface area contributed by atoms with E-state index in [0.717, 1.165) is 10.0 Å². The van der Waals surface area contributed by atoms with Crippen LogP contribution in [-0.2, 0) is 13.0 Å². The number of rotatable bonds is 10. The average Bonchev–Trinajstić information content (AvgIpc) is 3.33. The van der Waals surface area contributed by atoms with Gasteiger partial charge in [-0.15, -0.1) is 0 Å². The number of nitrogens with one attached hydrogen (secondary N) is 1. The molecular weight excluding hydrogens is 442 g/mol. The van der Waals surface area contributed by atoms with Gasteiger partial charge >= 0.3 is 11.8 Å². The molecule has 2 heterocycles. The molecule has 0 saturated heterocycles. The van der Waals surface area contributed by atoms with Gasteiger partial charge in [-0.1, -0.05) is 11.2 Å². The second-order valence-electron chi connectivity index (χ2n) is 6.02. The Kier molecular flexibility index (Phi) is 7.23. The molecule has 3 rings (SSSR count). The maximum Gasteiger partial charge on any atom is 0.316 e. The van der Waals surface area contributed by atoms with Crippen LogP contribution >= 0.6 is 15.9 Å². The van der Waals surface area contributed by atoms with Gasteiger partial charge in [0.15, 0.2) is 17.3 Å². The number of ether oxygens (including phenoxy) is 2. The number of halogens is 1. The van der Waals surface area contributed by atoms with Crippen LogP contribution in [0.15, 0.2) is 39.6 Å². The van der Waals surface area contributed by atoms with E-state index in [0.29, 0.717) is 50.0 Å². The fourth-order valence-corrected chi connectivity index (χ4v) is 2.96. The van der Waals surface area contributed by atoms with Crippen molar-refractivity contribution in [3.8, 4) is 11.5 Å². The molecule has 29 heavy (non-hydrogen) atoms. The first-order valence-corrected chi connectivity index (χ1v) is 10.1. The maximum atomic E-state index is 12.2. The van der Waals surface area contributed by atoms with Gasteiger partial charge in [-0.2, -0.15) is 10.1 Å². The van der Waals surface area contributed by atoms with Crippen LogP contribution in [0.4, 0.5) is 0 Å². The first kappa shape index (κ1) is 20.8. The number of aromatic nitrogens is 4. The number of hydrogen-bond acceptors (Lipinski definition) is 7.